The molecule has 1 aliphatic rings. The van der Waals surface area contributed by atoms with Crippen LogP contribution in [0, 0.1) is 0 Å². The van der Waals surface area contributed by atoms with Gasteiger partial charge in [0.1, 0.15) is 0 Å². The van der Waals surface area contributed by atoms with Gasteiger partial charge in [-0.05, 0) is 48.7 Å². The van der Waals surface area contributed by atoms with Gasteiger partial charge in [0.15, 0.2) is 0 Å². The predicted molar refractivity (Wildman–Crippen MR) is 79.5 cm³/mol. The summed E-state index contributed by atoms with van der Waals surface area (Å²) in [6.07, 6.45) is 5.82. The minimum Gasteiger partial charge on any atom is -0.373 e. The highest BCUT2D eigenvalue weighted by Gasteiger charge is 2.24. The van der Waals surface area contributed by atoms with Crippen LogP contribution >= 0.6 is 0 Å². The Bertz CT molecular complexity index is 556. The molecule has 0 bridgehead atoms. The number of aromatic nitrogens is 1. The Hall–Kier alpha value is -1.71. The molecule has 3 nitrogen and oxygen atoms in total. The summed E-state index contributed by atoms with van der Waals surface area (Å²) in [6, 6.07) is 13.0. The molecular formula is C17H20N2O. The van der Waals surface area contributed by atoms with Crippen molar-refractivity contribution in [2.75, 3.05) is 13.7 Å². The first kappa shape index (κ1) is 13.3. The maximum Gasteiger partial charge on any atom is 0.0845 e. The summed E-state index contributed by atoms with van der Waals surface area (Å²) in [4.78, 5) is 4.09. The van der Waals surface area contributed by atoms with E-state index in [1.165, 1.54) is 16.7 Å². The highest BCUT2D eigenvalue weighted by molar-refractivity contribution is 5.31. The highest BCUT2D eigenvalue weighted by atomic mass is 16.5. The molecule has 0 amide bonds. The Balaban J connectivity index is 1.81. The molecule has 3 rings (SSSR count). The van der Waals surface area contributed by atoms with E-state index in [1.54, 1.807) is 0 Å². The van der Waals surface area contributed by atoms with E-state index in [1.807, 2.05) is 19.4 Å². The first-order valence-corrected chi connectivity index (χ1v) is 7.15. The Kier molecular flexibility index (Phi) is 4.09. The lowest BCUT2D eigenvalue weighted by Gasteiger charge is -2.29. The van der Waals surface area contributed by atoms with Crippen molar-refractivity contribution < 1.29 is 4.74 Å². The average Bonchev–Trinajstić information content (AvgIpc) is 2.53. The minimum atomic E-state index is 0.172. The van der Waals surface area contributed by atoms with Gasteiger partial charge in [0.25, 0.3) is 0 Å². The quantitative estimate of drug-likeness (QED) is 0.925. The summed E-state index contributed by atoms with van der Waals surface area (Å²) >= 11 is 0. The smallest absolute Gasteiger partial charge is 0.0845 e. The van der Waals surface area contributed by atoms with E-state index in [0.717, 1.165) is 19.4 Å². The van der Waals surface area contributed by atoms with Crippen molar-refractivity contribution >= 4 is 0 Å². The van der Waals surface area contributed by atoms with Gasteiger partial charge in [-0.1, -0.05) is 24.3 Å². The van der Waals surface area contributed by atoms with Gasteiger partial charge in [0, 0.05) is 18.4 Å². The summed E-state index contributed by atoms with van der Waals surface area (Å²) in [5, 5.41) is 3.39. The van der Waals surface area contributed by atoms with Gasteiger partial charge in [-0.25, -0.2) is 0 Å². The van der Waals surface area contributed by atoms with E-state index < -0.39 is 0 Å². The van der Waals surface area contributed by atoms with E-state index in [0.29, 0.717) is 0 Å². The molecule has 0 aliphatic carbocycles. The second-order valence-electron chi connectivity index (χ2n) is 5.17. The van der Waals surface area contributed by atoms with E-state index in [2.05, 4.69) is 46.7 Å². The lowest BCUT2D eigenvalue weighted by atomic mass is 9.91. The Morgan fingerprint density at radius 1 is 1.25 bits per heavy atom. The normalized spacial score (nSPS) is 19.4. The van der Waals surface area contributed by atoms with Crippen molar-refractivity contribution in [2.45, 2.75) is 25.0 Å². The number of fused-ring (bicyclic) bond motifs is 1. The Morgan fingerprint density at radius 2 is 2.05 bits per heavy atom. The molecule has 2 aromatic rings. The molecule has 104 valence electrons. The molecule has 0 fully saturated rings. The van der Waals surface area contributed by atoms with Gasteiger partial charge >= 0.3 is 0 Å². The number of benzene rings is 1. The molecule has 1 aliphatic heterocycles. The summed E-state index contributed by atoms with van der Waals surface area (Å²) in [7, 11) is 2.00. The topological polar surface area (TPSA) is 34.1 Å². The van der Waals surface area contributed by atoms with Crippen molar-refractivity contribution in [1.29, 1.82) is 0 Å². The molecule has 0 spiro atoms. The van der Waals surface area contributed by atoms with E-state index in [9.17, 15) is 0 Å². The number of pyridine rings is 1. The zero-order chi connectivity index (χ0) is 13.8. The van der Waals surface area contributed by atoms with Crippen molar-refractivity contribution in [3.8, 4) is 0 Å². The Morgan fingerprint density at radius 3 is 2.85 bits per heavy atom. The lowest BCUT2D eigenvalue weighted by molar-refractivity contribution is 0.0298. The zero-order valence-electron chi connectivity index (χ0n) is 11.8. The van der Waals surface area contributed by atoms with Crippen LogP contribution in [0.1, 0.15) is 35.3 Å². The molecule has 1 aromatic carbocycles. The highest BCUT2D eigenvalue weighted by Crippen LogP contribution is 2.33. The van der Waals surface area contributed by atoms with Gasteiger partial charge in [-0.15, -0.1) is 0 Å². The van der Waals surface area contributed by atoms with Gasteiger partial charge in [-0.2, -0.15) is 0 Å². The largest absolute Gasteiger partial charge is 0.373 e. The fraction of sp³-hybridized carbons (Fsp3) is 0.353. The molecule has 0 saturated carbocycles. The third-order valence-corrected chi connectivity index (χ3v) is 4.00. The van der Waals surface area contributed by atoms with Gasteiger partial charge in [0.2, 0.25) is 0 Å². The van der Waals surface area contributed by atoms with Crippen LogP contribution in [0.15, 0.2) is 48.8 Å². The third kappa shape index (κ3) is 2.74. The molecular weight excluding hydrogens is 248 g/mol. The van der Waals surface area contributed by atoms with Crippen molar-refractivity contribution in [3.63, 3.8) is 0 Å². The maximum absolute atomic E-state index is 6.00. The summed E-state index contributed by atoms with van der Waals surface area (Å²) in [6.45, 7) is 0.814. The summed E-state index contributed by atoms with van der Waals surface area (Å²) in [5.74, 6) is 0. The number of hydrogen-bond donors (Lipinski definition) is 1. The number of hydrogen-bond acceptors (Lipinski definition) is 3. The number of nitrogens with one attached hydrogen (secondary N) is 1. The molecule has 2 heterocycles. The molecule has 1 N–H and O–H groups in total. The zero-order valence-corrected chi connectivity index (χ0v) is 11.8. The van der Waals surface area contributed by atoms with Crippen LogP contribution in [0.4, 0.5) is 0 Å². The predicted octanol–water partition coefficient (Wildman–Crippen LogP) is 3.05. The van der Waals surface area contributed by atoms with E-state index in [-0.39, 0.29) is 12.1 Å². The van der Waals surface area contributed by atoms with Gasteiger partial charge in [0.05, 0.1) is 12.7 Å². The first-order chi connectivity index (χ1) is 9.88. The van der Waals surface area contributed by atoms with Crippen molar-refractivity contribution in [2.24, 2.45) is 0 Å². The molecule has 1 aromatic heterocycles. The second kappa shape index (κ2) is 6.16. The minimum absolute atomic E-state index is 0.172. The Labute approximate surface area is 120 Å². The lowest BCUT2D eigenvalue weighted by Crippen LogP contribution is -2.23. The van der Waals surface area contributed by atoms with Crippen LogP contribution in [-0.2, 0) is 11.2 Å². The van der Waals surface area contributed by atoms with Crippen LogP contribution in [-0.4, -0.2) is 18.6 Å². The summed E-state index contributed by atoms with van der Waals surface area (Å²) in [5.41, 5.74) is 4.02. The third-order valence-electron chi connectivity index (χ3n) is 4.00. The van der Waals surface area contributed by atoms with Crippen molar-refractivity contribution in [1.82, 2.24) is 10.3 Å². The average molecular weight is 268 g/mol. The molecule has 0 saturated heterocycles. The van der Waals surface area contributed by atoms with Crippen LogP contribution in [0.2, 0.25) is 0 Å². The number of nitrogens with zero attached hydrogens (tertiary/aromatic N) is 1. The fourth-order valence-electron chi connectivity index (χ4n) is 2.90. The standard InChI is InChI=1S/C17H20N2O/c1-18-16(14-6-9-19-10-7-14)12-17-15-5-3-2-4-13(15)8-11-20-17/h2-7,9-10,16-18H,8,11-12H2,1H3. The van der Waals surface area contributed by atoms with Crippen LogP contribution in [0.25, 0.3) is 0 Å². The maximum atomic E-state index is 6.00. The van der Waals surface area contributed by atoms with E-state index >= 15 is 0 Å². The summed E-state index contributed by atoms with van der Waals surface area (Å²) < 4.78 is 6.00. The molecule has 2 unspecified atom stereocenters. The van der Waals surface area contributed by atoms with Crippen LogP contribution in [0.3, 0.4) is 0 Å². The number of ether oxygens (including phenoxy) is 1. The first-order valence-electron chi connectivity index (χ1n) is 7.15. The van der Waals surface area contributed by atoms with Gasteiger partial charge in [-0.3, -0.25) is 4.98 Å². The molecule has 20 heavy (non-hydrogen) atoms. The molecule has 3 heteroatoms. The van der Waals surface area contributed by atoms with Crippen molar-refractivity contribution in [3.05, 3.63) is 65.5 Å². The molecule has 2 atom stereocenters. The van der Waals surface area contributed by atoms with Gasteiger partial charge < -0.3 is 10.1 Å². The van der Waals surface area contributed by atoms with Crippen LogP contribution in [0.5, 0.6) is 0 Å². The monoisotopic (exact) mass is 268 g/mol. The van der Waals surface area contributed by atoms with Crippen LogP contribution < -0.4 is 5.32 Å². The second-order valence-corrected chi connectivity index (χ2v) is 5.17. The molecule has 0 radical (unpaired) electrons. The number of rotatable bonds is 4. The fourth-order valence-corrected chi connectivity index (χ4v) is 2.90. The van der Waals surface area contributed by atoms with E-state index in [4.69, 9.17) is 4.74 Å². The SMILES string of the molecule is CNC(CC1OCCc2ccccc21)c1ccncc1.